The van der Waals surface area contributed by atoms with Crippen LogP contribution in [0.3, 0.4) is 0 Å². The molecule has 0 bridgehead atoms. The van der Waals surface area contributed by atoms with Crippen molar-refractivity contribution in [1.29, 1.82) is 0 Å². The van der Waals surface area contributed by atoms with Crippen molar-refractivity contribution in [1.82, 2.24) is 29.5 Å². The van der Waals surface area contributed by atoms with Crippen LogP contribution < -0.4 is 21.1 Å². The summed E-state index contributed by atoms with van der Waals surface area (Å²) >= 11 is 1.41. The molecule has 35 heavy (non-hydrogen) atoms. The van der Waals surface area contributed by atoms with E-state index < -0.39 is 5.76 Å². The van der Waals surface area contributed by atoms with Crippen molar-refractivity contribution in [3.05, 3.63) is 70.7 Å². The van der Waals surface area contributed by atoms with Crippen molar-refractivity contribution < 1.29 is 9.15 Å². The quantitative estimate of drug-likeness (QED) is 0.311. The Balaban J connectivity index is 1.36. The van der Waals surface area contributed by atoms with Gasteiger partial charge >= 0.3 is 5.76 Å². The van der Waals surface area contributed by atoms with Crippen LogP contribution in [-0.4, -0.2) is 36.6 Å². The Labute approximate surface area is 201 Å². The number of benzene rings is 2. The number of hydrogen-bond donors (Lipinski definition) is 3. The van der Waals surface area contributed by atoms with Gasteiger partial charge in [0, 0.05) is 18.0 Å². The molecular formula is C23H18N8O3S. The SMILES string of the molecule is COc1cc(Nc2nc(Nc3cccc4[nH]c(=O)oc34)c3scnc3n2)ccc1-n1cnc(C)c1. The summed E-state index contributed by atoms with van der Waals surface area (Å²) in [5.74, 6) is 1.02. The Morgan fingerprint density at radius 1 is 1.14 bits per heavy atom. The number of aryl methyl sites for hydroxylation is 1. The van der Waals surface area contributed by atoms with Crippen LogP contribution in [-0.2, 0) is 0 Å². The second-order valence-corrected chi connectivity index (χ2v) is 8.51. The zero-order valence-electron chi connectivity index (χ0n) is 18.6. The average Bonchev–Trinajstić information content (AvgIpc) is 3.58. The molecule has 2 aromatic carbocycles. The van der Waals surface area contributed by atoms with Gasteiger partial charge in [-0.3, -0.25) is 4.98 Å². The van der Waals surface area contributed by atoms with E-state index in [4.69, 9.17) is 9.15 Å². The van der Waals surface area contributed by atoms with E-state index in [9.17, 15) is 4.79 Å². The zero-order valence-corrected chi connectivity index (χ0v) is 19.4. The first-order valence-corrected chi connectivity index (χ1v) is 11.4. The summed E-state index contributed by atoms with van der Waals surface area (Å²) in [7, 11) is 1.62. The number of anilines is 4. The Hall–Kier alpha value is -4.71. The van der Waals surface area contributed by atoms with Crippen LogP contribution >= 0.6 is 11.3 Å². The number of rotatable bonds is 6. The number of oxazole rings is 1. The number of ether oxygens (including phenoxy) is 1. The minimum absolute atomic E-state index is 0.349. The van der Waals surface area contributed by atoms with E-state index in [0.717, 1.165) is 21.8 Å². The number of H-pyrrole nitrogens is 1. The average molecular weight is 487 g/mol. The largest absolute Gasteiger partial charge is 0.494 e. The lowest BCUT2D eigenvalue weighted by Gasteiger charge is -2.13. The number of fused-ring (bicyclic) bond motifs is 2. The molecule has 6 rings (SSSR count). The number of nitrogens with one attached hydrogen (secondary N) is 3. The third kappa shape index (κ3) is 3.85. The Morgan fingerprint density at radius 3 is 2.89 bits per heavy atom. The van der Waals surface area contributed by atoms with Crippen LogP contribution in [0.1, 0.15) is 5.69 Å². The highest BCUT2D eigenvalue weighted by Crippen LogP contribution is 2.32. The fourth-order valence-corrected chi connectivity index (χ4v) is 4.42. The number of nitrogens with zero attached hydrogens (tertiary/aromatic N) is 5. The van der Waals surface area contributed by atoms with Gasteiger partial charge in [0.2, 0.25) is 5.95 Å². The van der Waals surface area contributed by atoms with Gasteiger partial charge in [-0.2, -0.15) is 9.97 Å². The fraction of sp³-hybridized carbons (Fsp3) is 0.0870. The van der Waals surface area contributed by atoms with Crippen LogP contribution in [0.15, 0.2) is 63.6 Å². The van der Waals surface area contributed by atoms with Crippen LogP contribution in [0.5, 0.6) is 5.75 Å². The molecule has 11 nitrogen and oxygen atoms in total. The molecular weight excluding hydrogens is 468 g/mol. The Kier molecular flexibility index (Phi) is 4.92. The number of aromatic amines is 1. The van der Waals surface area contributed by atoms with Crippen molar-refractivity contribution in [3.8, 4) is 11.4 Å². The van der Waals surface area contributed by atoms with E-state index in [1.165, 1.54) is 11.3 Å². The standard InChI is InChI=1S/C23H18N8O3S/c1-12-9-31(10-24-12)16-7-6-13(8-17(16)33-2)26-22-29-20-19(35-11-25-20)21(30-22)27-14-4-3-5-15-18(14)34-23(32)28-15/h3-11H,1-2H3,(H,28,32)(H2,26,27,29,30). The normalized spacial score (nSPS) is 11.3. The molecule has 6 aromatic rings. The third-order valence-corrected chi connectivity index (χ3v) is 6.14. The van der Waals surface area contributed by atoms with Gasteiger partial charge in [-0.25, -0.2) is 14.8 Å². The number of para-hydroxylation sites is 1. The molecule has 0 saturated heterocycles. The minimum Gasteiger partial charge on any atom is -0.494 e. The topological polar surface area (TPSA) is 136 Å². The predicted molar refractivity (Wildman–Crippen MR) is 133 cm³/mol. The molecule has 4 heterocycles. The first-order chi connectivity index (χ1) is 17.1. The first kappa shape index (κ1) is 20.9. The zero-order chi connectivity index (χ0) is 23.9. The van der Waals surface area contributed by atoms with E-state index in [0.29, 0.717) is 39.9 Å². The summed E-state index contributed by atoms with van der Waals surface area (Å²) in [5, 5.41) is 6.49. The molecule has 0 atom stereocenters. The molecule has 0 radical (unpaired) electrons. The van der Waals surface area contributed by atoms with Crippen molar-refractivity contribution >= 4 is 55.9 Å². The Morgan fingerprint density at radius 2 is 2.06 bits per heavy atom. The number of hydrogen-bond acceptors (Lipinski definition) is 10. The molecule has 0 fully saturated rings. The van der Waals surface area contributed by atoms with Crippen molar-refractivity contribution in [3.63, 3.8) is 0 Å². The maximum Gasteiger partial charge on any atom is 0.417 e. The van der Waals surface area contributed by atoms with Gasteiger partial charge in [0.1, 0.15) is 10.4 Å². The van der Waals surface area contributed by atoms with Gasteiger partial charge in [0.15, 0.2) is 17.0 Å². The summed E-state index contributed by atoms with van der Waals surface area (Å²) < 4.78 is 13.6. The predicted octanol–water partition coefficient (Wildman–Crippen LogP) is 4.51. The van der Waals surface area contributed by atoms with Crippen LogP contribution in [0.2, 0.25) is 0 Å². The molecule has 0 unspecified atom stereocenters. The number of aromatic nitrogens is 6. The van der Waals surface area contributed by atoms with Gasteiger partial charge in [-0.05, 0) is 31.2 Å². The Bertz CT molecular complexity index is 1750. The van der Waals surface area contributed by atoms with Crippen molar-refractivity contribution in [2.45, 2.75) is 6.92 Å². The molecule has 4 aromatic heterocycles. The van der Waals surface area contributed by atoms with E-state index in [1.807, 2.05) is 48.0 Å². The molecule has 12 heteroatoms. The molecule has 3 N–H and O–H groups in total. The smallest absolute Gasteiger partial charge is 0.417 e. The monoisotopic (exact) mass is 486 g/mol. The van der Waals surface area contributed by atoms with Crippen LogP contribution in [0, 0.1) is 6.92 Å². The maximum absolute atomic E-state index is 11.7. The first-order valence-electron chi connectivity index (χ1n) is 10.5. The van der Waals surface area contributed by atoms with Gasteiger partial charge in [0.25, 0.3) is 0 Å². The van der Waals surface area contributed by atoms with Crippen LogP contribution in [0.25, 0.3) is 27.1 Å². The van der Waals surface area contributed by atoms with Crippen molar-refractivity contribution in [2.24, 2.45) is 0 Å². The van der Waals surface area contributed by atoms with E-state index in [-0.39, 0.29) is 0 Å². The molecule has 0 aliphatic carbocycles. The maximum atomic E-state index is 11.7. The number of thiazole rings is 1. The molecule has 0 aliphatic rings. The molecule has 0 saturated carbocycles. The number of methoxy groups -OCH3 is 1. The summed E-state index contributed by atoms with van der Waals surface area (Å²) in [6, 6.07) is 11.1. The van der Waals surface area contributed by atoms with Crippen molar-refractivity contribution in [2.75, 3.05) is 17.7 Å². The fourth-order valence-electron chi connectivity index (χ4n) is 3.75. The van der Waals surface area contributed by atoms with Gasteiger partial charge < -0.3 is 24.4 Å². The summed E-state index contributed by atoms with van der Waals surface area (Å²) in [5.41, 5.74) is 6.35. The second kappa shape index (κ2) is 8.25. The van der Waals surface area contributed by atoms with E-state index >= 15 is 0 Å². The van der Waals surface area contributed by atoms with Gasteiger partial charge in [-0.15, -0.1) is 11.3 Å². The van der Waals surface area contributed by atoms with E-state index in [2.05, 4.69) is 35.6 Å². The lowest BCUT2D eigenvalue weighted by molar-refractivity contribution is 0.413. The van der Waals surface area contributed by atoms with Gasteiger partial charge in [0.05, 0.1) is 41.5 Å². The lowest BCUT2D eigenvalue weighted by atomic mass is 10.2. The van der Waals surface area contributed by atoms with Gasteiger partial charge in [-0.1, -0.05) is 6.07 Å². The van der Waals surface area contributed by atoms with Crippen LogP contribution in [0.4, 0.5) is 23.1 Å². The molecule has 174 valence electrons. The second-order valence-electron chi connectivity index (χ2n) is 7.66. The third-order valence-electron chi connectivity index (χ3n) is 5.32. The highest BCUT2D eigenvalue weighted by molar-refractivity contribution is 7.17. The summed E-state index contributed by atoms with van der Waals surface area (Å²) in [4.78, 5) is 32.2. The highest BCUT2D eigenvalue weighted by atomic mass is 32.1. The molecule has 0 spiro atoms. The summed E-state index contributed by atoms with van der Waals surface area (Å²) in [6.45, 7) is 1.93. The highest BCUT2D eigenvalue weighted by Gasteiger charge is 2.15. The number of imidazole rings is 1. The molecule has 0 amide bonds. The minimum atomic E-state index is -0.523. The summed E-state index contributed by atoms with van der Waals surface area (Å²) in [6.07, 6.45) is 3.67. The molecule has 0 aliphatic heterocycles. The van der Waals surface area contributed by atoms with E-state index in [1.54, 1.807) is 25.0 Å². The lowest BCUT2D eigenvalue weighted by Crippen LogP contribution is -2.03.